The molecule has 2 N–H and O–H groups in total. The van der Waals surface area contributed by atoms with Crippen LogP contribution in [0.4, 0.5) is 11.4 Å². The predicted octanol–water partition coefficient (Wildman–Crippen LogP) is 8.12. The van der Waals surface area contributed by atoms with Gasteiger partial charge in [-0.3, -0.25) is 19.8 Å². The number of nitriles is 1. The fourth-order valence-corrected chi connectivity index (χ4v) is 7.16. The number of allylic oxidation sites excluding steroid dienone is 3. The van der Waals surface area contributed by atoms with Crippen LogP contribution >= 0.6 is 35.0 Å². The third kappa shape index (κ3) is 5.33. The molecule has 0 saturated heterocycles. The van der Waals surface area contributed by atoms with E-state index in [1.165, 1.54) is 6.07 Å². The molecule has 41 heavy (non-hydrogen) atoms. The van der Waals surface area contributed by atoms with Gasteiger partial charge in [-0.2, -0.15) is 5.26 Å². The molecule has 3 aromatic carbocycles. The van der Waals surface area contributed by atoms with Crippen molar-refractivity contribution < 1.29 is 9.72 Å². The number of nitrogens with two attached hydrogens (primary N) is 1. The number of thioether (sulfide) groups is 1. The molecule has 10 heteroatoms. The van der Waals surface area contributed by atoms with Crippen molar-refractivity contribution in [2.45, 2.75) is 49.7 Å². The molecule has 208 valence electrons. The van der Waals surface area contributed by atoms with Crippen molar-refractivity contribution >= 4 is 52.1 Å². The molecule has 1 atom stereocenters. The van der Waals surface area contributed by atoms with Gasteiger partial charge in [0.05, 0.1) is 27.5 Å². The van der Waals surface area contributed by atoms with Gasteiger partial charge in [0.1, 0.15) is 11.5 Å². The lowest BCUT2D eigenvalue weighted by Gasteiger charge is -2.39. The number of rotatable bonds is 6. The fourth-order valence-electron chi connectivity index (χ4n) is 5.61. The summed E-state index contributed by atoms with van der Waals surface area (Å²) in [6.45, 7) is 3.98. The first-order valence-corrected chi connectivity index (χ1v) is 14.7. The molecule has 0 radical (unpaired) electrons. The lowest BCUT2D eigenvalue weighted by Crippen LogP contribution is -2.39. The van der Waals surface area contributed by atoms with Crippen LogP contribution in [0.5, 0.6) is 0 Å². The molecule has 1 unspecified atom stereocenters. The van der Waals surface area contributed by atoms with Crippen LogP contribution in [-0.4, -0.2) is 10.7 Å². The normalized spacial score (nSPS) is 17.0. The molecule has 0 fully saturated rings. The number of carbonyl (C=O) groups is 1. The van der Waals surface area contributed by atoms with Crippen molar-refractivity contribution in [1.29, 1.82) is 5.26 Å². The molecule has 7 nitrogen and oxygen atoms in total. The van der Waals surface area contributed by atoms with E-state index < -0.39 is 10.8 Å². The summed E-state index contributed by atoms with van der Waals surface area (Å²) in [5.41, 5.74) is 11.9. The summed E-state index contributed by atoms with van der Waals surface area (Å²) in [7, 11) is 0. The highest BCUT2D eigenvalue weighted by atomic mass is 35.5. The van der Waals surface area contributed by atoms with Gasteiger partial charge >= 0.3 is 0 Å². The molecule has 0 aromatic heterocycles. The molecule has 0 spiro atoms. The van der Waals surface area contributed by atoms with Gasteiger partial charge < -0.3 is 5.73 Å². The lowest BCUT2D eigenvalue weighted by atomic mass is 9.74. The third-order valence-electron chi connectivity index (χ3n) is 7.54. The Kier molecular flexibility index (Phi) is 8.14. The first kappa shape index (κ1) is 28.7. The SMILES string of the molecule is Cc1cc(C)c(C2C(C#N)=C(N)N(c3ccccc3[N+](=O)[O-])C3=C2C(=O)CCC3)cc1CSc1cc(Cl)ccc1Cl. The highest BCUT2D eigenvalue weighted by Crippen LogP contribution is 2.49. The number of ketones is 1. The topological polar surface area (TPSA) is 113 Å². The molecule has 0 amide bonds. The van der Waals surface area contributed by atoms with Gasteiger partial charge in [0.25, 0.3) is 5.69 Å². The van der Waals surface area contributed by atoms with Crippen molar-refractivity contribution in [3.05, 3.63) is 120 Å². The molecule has 5 rings (SSSR count). The first-order valence-electron chi connectivity index (χ1n) is 13.0. The monoisotopic (exact) mass is 604 g/mol. The van der Waals surface area contributed by atoms with Crippen LogP contribution < -0.4 is 10.6 Å². The maximum absolute atomic E-state index is 13.6. The highest BCUT2D eigenvalue weighted by molar-refractivity contribution is 7.98. The van der Waals surface area contributed by atoms with E-state index in [1.54, 1.807) is 47.0 Å². The summed E-state index contributed by atoms with van der Waals surface area (Å²) < 4.78 is 0. The Balaban J connectivity index is 1.65. The van der Waals surface area contributed by atoms with Gasteiger partial charge in [0.2, 0.25) is 0 Å². The number of hydrogen-bond donors (Lipinski definition) is 1. The van der Waals surface area contributed by atoms with E-state index in [2.05, 4.69) is 12.1 Å². The first-order chi connectivity index (χ1) is 19.6. The number of para-hydroxylation sites is 2. The maximum atomic E-state index is 13.6. The van der Waals surface area contributed by atoms with Crippen LogP contribution in [0, 0.1) is 35.3 Å². The van der Waals surface area contributed by atoms with Crippen LogP contribution in [0.2, 0.25) is 10.0 Å². The van der Waals surface area contributed by atoms with Crippen LogP contribution in [0.25, 0.3) is 0 Å². The van der Waals surface area contributed by atoms with Crippen LogP contribution in [0.15, 0.2) is 82.2 Å². The summed E-state index contributed by atoms with van der Waals surface area (Å²) in [5.74, 6) is -0.0701. The van der Waals surface area contributed by atoms with Gasteiger partial charge in [-0.15, -0.1) is 11.8 Å². The number of nitro groups is 1. The van der Waals surface area contributed by atoms with Gasteiger partial charge in [0.15, 0.2) is 5.78 Å². The van der Waals surface area contributed by atoms with Crippen molar-refractivity contribution in [3.63, 3.8) is 0 Å². The van der Waals surface area contributed by atoms with Crippen molar-refractivity contribution in [1.82, 2.24) is 0 Å². The predicted molar refractivity (Wildman–Crippen MR) is 163 cm³/mol. The standard InChI is InChI=1S/C31H26Cl2N4O3S/c1-17-12-18(2)21(13-19(17)16-41-28-14-20(32)10-11-23(28)33)29-22(15-34)31(35)36(26-8-5-9-27(38)30(26)29)24-6-3-4-7-25(24)37(39)40/h3-4,6-7,10-14,29H,5,8-9,16,35H2,1-2H3. The van der Waals surface area contributed by atoms with Crippen molar-refractivity contribution in [2.75, 3.05) is 4.90 Å². The summed E-state index contributed by atoms with van der Waals surface area (Å²) in [5, 5.41) is 23.5. The van der Waals surface area contributed by atoms with E-state index in [0.29, 0.717) is 46.3 Å². The quantitative estimate of drug-likeness (QED) is 0.172. The van der Waals surface area contributed by atoms with E-state index in [1.807, 2.05) is 26.0 Å². The van der Waals surface area contributed by atoms with E-state index in [4.69, 9.17) is 28.9 Å². The average molecular weight is 606 g/mol. The van der Waals surface area contributed by atoms with Crippen molar-refractivity contribution in [2.24, 2.45) is 5.73 Å². The van der Waals surface area contributed by atoms with Crippen LogP contribution in [-0.2, 0) is 10.5 Å². The maximum Gasteiger partial charge on any atom is 0.293 e. The van der Waals surface area contributed by atoms with Gasteiger partial charge in [-0.1, -0.05) is 47.5 Å². The molecule has 2 aliphatic rings. The number of Topliss-reactive ketones (excluding diaryl/α,β-unsaturated/α-hetero) is 1. The van der Waals surface area contributed by atoms with Crippen LogP contribution in [0.3, 0.4) is 0 Å². The zero-order valence-electron chi connectivity index (χ0n) is 22.4. The fraction of sp³-hybridized carbons (Fsp3) is 0.226. The number of halogens is 2. The molecule has 0 bridgehead atoms. The van der Waals surface area contributed by atoms with E-state index >= 15 is 0 Å². The smallest absolute Gasteiger partial charge is 0.293 e. The second kappa shape index (κ2) is 11.6. The summed E-state index contributed by atoms with van der Waals surface area (Å²) >= 11 is 14.1. The number of carbonyl (C=O) groups excluding carboxylic acids is 1. The zero-order valence-corrected chi connectivity index (χ0v) is 24.7. The Hall–Kier alpha value is -3.77. The number of benzene rings is 3. The summed E-state index contributed by atoms with van der Waals surface area (Å²) in [6, 6.07) is 17.9. The minimum Gasteiger partial charge on any atom is -0.384 e. The number of nitro benzene ring substituents is 1. The number of hydrogen-bond acceptors (Lipinski definition) is 7. The number of anilines is 1. The molecular weight excluding hydrogens is 579 g/mol. The molecule has 1 heterocycles. The van der Waals surface area contributed by atoms with Gasteiger partial charge in [0, 0.05) is 39.4 Å². The van der Waals surface area contributed by atoms with E-state index in [9.17, 15) is 20.2 Å². The number of aryl methyl sites for hydroxylation is 2. The second-order valence-electron chi connectivity index (χ2n) is 10.1. The van der Waals surface area contributed by atoms with E-state index in [-0.39, 0.29) is 28.6 Å². The molecular formula is C31H26Cl2N4O3S. The minimum absolute atomic E-state index is 0.0818. The highest BCUT2D eigenvalue weighted by Gasteiger charge is 2.42. The molecule has 3 aromatic rings. The summed E-state index contributed by atoms with van der Waals surface area (Å²) in [6.07, 6.45) is 1.43. The molecule has 1 aliphatic carbocycles. The largest absolute Gasteiger partial charge is 0.384 e. The minimum atomic E-state index is -0.680. The van der Waals surface area contributed by atoms with Gasteiger partial charge in [-0.05, 0) is 73.2 Å². The average Bonchev–Trinajstić information content (AvgIpc) is 2.94. The van der Waals surface area contributed by atoms with E-state index in [0.717, 1.165) is 27.1 Å². The Bertz CT molecular complexity index is 1710. The molecule has 1 aliphatic heterocycles. The Morgan fingerprint density at radius 1 is 1.12 bits per heavy atom. The van der Waals surface area contributed by atoms with Gasteiger partial charge in [-0.25, -0.2) is 0 Å². The second-order valence-corrected chi connectivity index (χ2v) is 11.9. The Labute approximate surface area is 252 Å². The number of nitrogens with zero attached hydrogens (tertiary/aromatic N) is 3. The lowest BCUT2D eigenvalue weighted by molar-refractivity contribution is -0.384. The van der Waals surface area contributed by atoms with Crippen LogP contribution in [0.1, 0.15) is 47.4 Å². The third-order valence-corrected chi connectivity index (χ3v) is 9.33. The summed E-state index contributed by atoms with van der Waals surface area (Å²) in [4.78, 5) is 27.4. The Morgan fingerprint density at radius 2 is 1.88 bits per heavy atom. The Morgan fingerprint density at radius 3 is 2.61 bits per heavy atom. The molecule has 0 saturated carbocycles. The van der Waals surface area contributed by atoms with Crippen molar-refractivity contribution in [3.8, 4) is 6.07 Å². The zero-order chi connectivity index (χ0) is 29.4.